The fourth-order valence-corrected chi connectivity index (χ4v) is 4.52. The van der Waals surface area contributed by atoms with Gasteiger partial charge in [0, 0.05) is 47.3 Å². The highest BCUT2D eigenvalue weighted by Gasteiger charge is 2.27. The fraction of sp³-hybridized carbons (Fsp3) is 0.154. The summed E-state index contributed by atoms with van der Waals surface area (Å²) in [6.45, 7) is 2.10. The third kappa shape index (κ3) is 3.20. The highest BCUT2D eigenvalue weighted by Crippen LogP contribution is 2.35. The molecule has 1 N–H and O–H groups in total. The molecule has 0 atom stereocenters. The average molecular weight is 435 g/mol. The number of aromatic amines is 1. The van der Waals surface area contributed by atoms with Gasteiger partial charge in [0.1, 0.15) is 12.2 Å². The van der Waals surface area contributed by atoms with E-state index in [0.717, 1.165) is 45.1 Å². The zero-order valence-electron chi connectivity index (χ0n) is 18.1. The van der Waals surface area contributed by atoms with Crippen molar-refractivity contribution in [3.05, 3.63) is 95.6 Å². The molecular formula is C26H21N5O2. The minimum Gasteiger partial charge on any atom is -0.461 e. The lowest BCUT2D eigenvalue weighted by Gasteiger charge is -2.10. The zero-order chi connectivity index (χ0) is 22.4. The number of ether oxygens (including phenoxy) is 1. The molecule has 0 unspecified atom stereocenters. The number of imidazole rings is 1. The molecule has 0 bridgehead atoms. The standard InChI is InChI=1S/C26H21N5O2/c1-2-33-26(32)25-22-11-17-14-28-23(12-16-13-27-20-9-5-3-7-18(16)20)30-24(17)19-8-4-6-10-21(19)31(22)15-29-25/h3-10,13-15,27H,2,11-12H2,1H3. The molecule has 7 heteroatoms. The maximum absolute atomic E-state index is 12.5. The van der Waals surface area contributed by atoms with Crippen LogP contribution in [0.2, 0.25) is 0 Å². The first-order valence-corrected chi connectivity index (χ1v) is 11.0. The van der Waals surface area contributed by atoms with E-state index in [9.17, 15) is 4.79 Å². The van der Waals surface area contributed by atoms with Crippen molar-refractivity contribution in [3.63, 3.8) is 0 Å². The number of carbonyl (C=O) groups excluding carboxylic acids is 1. The number of nitrogens with zero attached hydrogens (tertiary/aromatic N) is 4. The van der Waals surface area contributed by atoms with Gasteiger partial charge < -0.3 is 14.3 Å². The van der Waals surface area contributed by atoms with Crippen molar-refractivity contribution in [2.24, 2.45) is 0 Å². The van der Waals surface area contributed by atoms with E-state index < -0.39 is 5.97 Å². The molecule has 0 saturated carbocycles. The molecule has 6 rings (SSSR count). The van der Waals surface area contributed by atoms with Crippen LogP contribution in [0.25, 0.3) is 27.8 Å². The number of H-pyrrole nitrogens is 1. The Morgan fingerprint density at radius 2 is 1.97 bits per heavy atom. The van der Waals surface area contributed by atoms with Crippen molar-refractivity contribution in [1.82, 2.24) is 24.5 Å². The summed E-state index contributed by atoms with van der Waals surface area (Å²) in [7, 11) is 0. The van der Waals surface area contributed by atoms with Crippen LogP contribution in [0.4, 0.5) is 0 Å². The molecule has 5 aromatic rings. The lowest BCUT2D eigenvalue weighted by atomic mass is 10.0. The Kier molecular flexibility index (Phi) is 4.54. The molecule has 1 aliphatic rings. The predicted molar refractivity (Wildman–Crippen MR) is 124 cm³/mol. The molecule has 1 aliphatic heterocycles. The molecule has 7 nitrogen and oxygen atoms in total. The van der Waals surface area contributed by atoms with E-state index in [4.69, 9.17) is 9.72 Å². The van der Waals surface area contributed by atoms with Gasteiger partial charge in [-0.1, -0.05) is 36.4 Å². The summed E-state index contributed by atoms with van der Waals surface area (Å²) in [5.41, 5.74) is 7.14. The molecule has 0 fully saturated rings. The maximum atomic E-state index is 12.5. The fourth-order valence-electron chi connectivity index (χ4n) is 4.52. The molecule has 162 valence electrons. The van der Waals surface area contributed by atoms with Gasteiger partial charge in [0.2, 0.25) is 0 Å². The van der Waals surface area contributed by atoms with Gasteiger partial charge in [-0.15, -0.1) is 0 Å². The number of benzene rings is 2. The number of aromatic nitrogens is 5. The van der Waals surface area contributed by atoms with Crippen LogP contribution in [-0.2, 0) is 17.6 Å². The van der Waals surface area contributed by atoms with Gasteiger partial charge >= 0.3 is 5.97 Å². The van der Waals surface area contributed by atoms with Gasteiger partial charge in [-0.05, 0) is 24.6 Å². The van der Waals surface area contributed by atoms with Crippen LogP contribution in [0, 0.1) is 0 Å². The lowest BCUT2D eigenvalue weighted by Crippen LogP contribution is -2.10. The summed E-state index contributed by atoms with van der Waals surface area (Å²) >= 11 is 0. The van der Waals surface area contributed by atoms with Crippen molar-refractivity contribution in [2.45, 2.75) is 19.8 Å². The molecular weight excluding hydrogens is 414 g/mol. The van der Waals surface area contributed by atoms with E-state index in [-0.39, 0.29) is 0 Å². The van der Waals surface area contributed by atoms with Crippen LogP contribution in [0.5, 0.6) is 0 Å². The molecule has 0 saturated heterocycles. The van der Waals surface area contributed by atoms with Crippen LogP contribution >= 0.6 is 0 Å². The molecule has 3 aromatic heterocycles. The number of hydrogen-bond acceptors (Lipinski definition) is 5. The Morgan fingerprint density at radius 3 is 2.88 bits per heavy atom. The molecule has 0 amide bonds. The summed E-state index contributed by atoms with van der Waals surface area (Å²) in [6, 6.07) is 16.3. The SMILES string of the molecule is CCOC(=O)c1ncn2c1Cc1cnc(Cc3c[nH]c4ccccc34)nc1-c1ccccc1-2. The molecule has 0 aliphatic carbocycles. The van der Waals surface area contributed by atoms with Crippen molar-refractivity contribution in [2.75, 3.05) is 6.61 Å². The molecule has 0 spiro atoms. The lowest BCUT2D eigenvalue weighted by molar-refractivity contribution is 0.0519. The monoisotopic (exact) mass is 435 g/mol. The molecule has 2 aromatic carbocycles. The van der Waals surface area contributed by atoms with Crippen molar-refractivity contribution >= 4 is 16.9 Å². The topological polar surface area (TPSA) is 85.7 Å². The largest absolute Gasteiger partial charge is 0.461 e. The van der Waals surface area contributed by atoms with Crippen LogP contribution in [0.15, 0.2) is 67.3 Å². The Balaban J connectivity index is 1.46. The third-order valence-electron chi connectivity index (χ3n) is 6.05. The van der Waals surface area contributed by atoms with E-state index in [1.54, 1.807) is 13.3 Å². The predicted octanol–water partition coefficient (Wildman–Crippen LogP) is 4.48. The molecule has 33 heavy (non-hydrogen) atoms. The first-order chi connectivity index (χ1) is 16.2. The Morgan fingerprint density at radius 1 is 1.12 bits per heavy atom. The Hall–Kier alpha value is -4.26. The minimum absolute atomic E-state index is 0.304. The van der Waals surface area contributed by atoms with Gasteiger partial charge in [0.05, 0.1) is 23.7 Å². The van der Waals surface area contributed by atoms with Crippen LogP contribution in [0.3, 0.4) is 0 Å². The summed E-state index contributed by atoms with van der Waals surface area (Å²) in [6.07, 6.45) is 6.71. The number of para-hydroxylation sites is 2. The highest BCUT2D eigenvalue weighted by molar-refractivity contribution is 5.90. The highest BCUT2D eigenvalue weighted by atomic mass is 16.5. The zero-order valence-corrected chi connectivity index (χ0v) is 18.1. The number of rotatable bonds is 4. The number of hydrogen-bond donors (Lipinski definition) is 1. The van der Waals surface area contributed by atoms with E-state index >= 15 is 0 Å². The average Bonchev–Trinajstić information content (AvgIpc) is 3.41. The Labute approximate surface area is 190 Å². The number of fused-ring (bicyclic) bond motifs is 6. The first-order valence-electron chi connectivity index (χ1n) is 11.0. The van der Waals surface area contributed by atoms with Crippen molar-refractivity contribution in [3.8, 4) is 16.9 Å². The van der Waals surface area contributed by atoms with Crippen molar-refractivity contribution in [1.29, 1.82) is 0 Å². The van der Waals surface area contributed by atoms with Gasteiger partial charge in [0.15, 0.2) is 5.69 Å². The first kappa shape index (κ1) is 19.4. The van der Waals surface area contributed by atoms with Gasteiger partial charge in [0.25, 0.3) is 0 Å². The number of esters is 1. The second-order valence-corrected chi connectivity index (χ2v) is 8.02. The van der Waals surface area contributed by atoms with E-state index in [0.29, 0.717) is 25.1 Å². The second-order valence-electron chi connectivity index (χ2n) is 8.02. The van der Waals surface area contributed by atoms with Crippen LogP contribution in [0.1, 0.15) is 40.1 Å². The molecule has 0 radical (unpaired) electrons. The van der Waals surface area contributed by atoms with E-state index in [1.165, 1.54) is 5.39 Å². The summed E-state index contributed by atoms with van der Waals surface area (Å²) in [5.74, 6) is 0.340. The van der Waals surface area contributed by atoms with Gasteiger partial charge in [-0.25, -0.2) is 19.7 Å². The second kappa shape index (κ2) is 7.70. The summed E-state index contributed by atoms with van der Waals surface area (Å²) in [5, 5.41) is 1.18. The maximum Gasteiger partial charge on any atom is 0.358 e. The number of carbonyl (C=O) groups is 1. The van der Waals surface area contributed by atoms with Crippen LogP contribution in [-0.4, -0.2) is 37.1 Å². The number of nitrogens with one attached hydrogen (secondary N) is 1. The minimum atomic E-state index is -0.413. The quantitative estimate of drug-likeness (QED) is 0.413. The van der Waals surface area contributed by atoms with E-state index in [2.05, 4.69) is 33.2 Å². The van der Waals surface area contributed by atoms with Gasteiger partial charge in [-0.2, -0.15) is 0 Å². The third-order valence-corrected chi connectivity index (χ3v) is 6.05. The Bertz CT molecular complexity index is 1510. The van der Waals surface area contributed by atoms with Crippen molar-refractivity contribution < 1.29 is 9.53 Å². The summed E-state index contributed by atoms with van der Waals surface area (Å²) < 4.78 is 7.19. The van der Waals surface area contributed by atoms with Crippen LogP contribution < -0.4 is 0 Å². The normalized spacial score (nSPS) is 12.0. The van der Waals surface area contributed by atoms with Gasteiger partial charge in [-0.3, -0.25) is 0 Å². The molecule has 4 heterocycles. The smallest absolute Gasteiger partial charge is 0.358 e. The van der Waals surface area contributed by atoms with E-state index in [1.807, 2.05) is 47.3 Å². The summed E-state index contributed by atoms with van der Waals surface area (Å²) in [4.78, 5) is 29.9.